The van der Waals surface area contributed by atoms with E-state index in [1.165, 1.54) is 24.4 Å². The van der Waals surface area contributed by atoms with Crippen LogP contribution in [-0.4, -0.2) is 120 Å². The molecule has 6 rings (SSSR count). The summed E-state index contributed by atoms with van der Waals surface area (Å²) in [5.41, 5.74) is 4.49. The third-order valence-corrected chi connectivity index (χ3v) is 9.10. The van der Waals surface area contributed by atoms with Crippen molar-refractivity contribution in [3.05, 3.63) is 42.2 Å². The maximum Gasteiger partial charge on any atom is 0.244 e. The molecular weight excluding hydrogens is 562 g/mol. The second-order valence-corrected chi connectivity index (χ2v) is 13.1. The van der Waals surface area contributed by atoms with Crippen LogP contribution in [0.25, 0.3) is 16.9 Å². The van der Waals surface area contributed by atoms with Gasteiger partial charge in [0.25, 0.3) is 0 Å². The van der Waals surface area contributed by atoms with Crippen molar-refractivity contribution in [3.63, 3.8) is 0 Å². The number of anilines is 2. The van der Waals surface area contributed by atoms with Crippen molar-refractivity contribution in [3.8, 4) is 11.3 Å². The lowest BCUT2D eigenvalue weighted by atomic mass is 10.0. The number of fused-ring (bicyclic) bond motifs is 1. The van der Waals surface area contributed by atoms with Crippen molar-refractivity contribution in [2.24, 2.45) is 5.92 Å². The number of likely N-dealkylation sites (tertiary alicyclic amines) is 1. The number of aryl methyl sites for hydroxylation is 1. The van der Waals surface area contributed by atoms with Gasteiger partial charge in [0.05, 0.1) is 29.5 Å². The Morgan fingerprint density at radius 1 is 1.12 bits per heavy atom. The highest BCUT2D eigenvalue weighted by molar-refractivity contribution is 7.10. The standard InChI is InChI=1S/C30H43N11OS/c1-22-6-5-7-38(17-22)20-25-14-27(43-35-25)34-29-30-31-16-26(41(30)18-23(2)33-29)24-15-32-40(19-24)21-28(42)39-12-10-37(11-13-39)9-8-36(3)4/h14-16,18-19,22H,5-13,17,20-21H2,1-4H3,(H,33,34). The summed E-state index contributed by atoms with van der Waals surface area (Å²) >= 11 is 1.46. The zero-order chi connectivity index (χ0) is 29.9. The molecule has 2 aliphatic heterocycles. The van der Waals surface area contributed by atoms with Crippen LogP contribution in [-0.2, 0) is 17.9 Å². The van der Waals surface area contributed by atoms with Gasteiger partial charge in [-0.05, 0) is 63.9 Å². The van der Waals surface area contributed by atoms with E-state index in [4.69, 9.17) is 14.3 Å². The SMILES string of the molecule is Cc1cn2c(-c3cnn(CC(=O)N4CCN(CCN(C)C)CC4)c3)cnc2c(Nc2cc(CN3CCCC(C)C3)ns2)n1. The van der Waals surface area contributed by atoms with Crippen molar-refractivity contribution >= 4 is 33.9 Å². The number of nitrogens with one attached hydrogen (secondary N) is 1. The highest BCUT2D eigenvalue weighted by atomic mass is 32.1. The maximum atomic E-state index is 13.0. The van der Waals surface area contributed by atoms with E-state index in [-0.39, 0.29) is 12.5 Å². The first-order valence-electron chi connectivity index (χ1n) is 15.3. The Labute approximate surface area is 257 Å². The molecular formula is C30H43N11OS. The number of hydrogen-bond donors (Lipinski definition) is 1. The van der Waals surface area contributed by atoms with Crippen LogP contribution >= 0.6 is 11.5 Å². The highest BCUT2D eigenvalue weighted by Crippen LogP contribution is 2.28. The van der Waals surface area contributed by atoms with Crippen LogP contribution in [0.1, 0.15) is 31.2 Å². The number of amides is 1. The second kappa shape index (κ2) is 13.1. The van der Waals surface area contributed by atoms with E-state index in [2.05, 4.69) is 52.2 Å². The Balaban J connectivity index is 1.10. The summed E-state index contributed by atoms with van der Waals surface area (Å²) in [4.78, 5) is 31.6. The molecule has 13 heteroatoms. The van der Waals surface area contributed by atoms with Crippen molar-refractivity contribution in [2.75, 3.05) is 71.8 Å². The van der Waals surface area contributed by atoms with E-state index in [1.807, 2.05) is 34.8 Å². The van der Waals surface area contributed by atoms with E-state index in [1.54, 1.807) is 10.9 Å². The van der Waals surface area contributed by atoms with E-state index < -0.39 is 0 Å². The highest BCUT2D eigenvalue weighted by Gasteiger charge is 2.22. The van der Waals surface area contributed by atoms with Crippen LogP contribution in [0, 0.1) is 12.8 Å². The minimum absolute atomic E-state index is 0.102. The molecule has 0 aromatic carbocycles. The van der Waals surface area contributed by atoms with Crippen LogP contribution in [0.4, 0.5) is 10.8 Å². The topological polar surface area (TPSA) is 103 Å². The monoisotopic (exact) mass is 605 g/mol. The number of carbonyl (C=O) groups is 1. The molecule has 2 aliphatic rings. The lowest BCUT2D eigenvalue weighted by Gasteiger charge is -2.35. The average Bonchev–Trinajstić information content (AvgIpc) is 3.72. The molecule has 2 fully saturated rings. The molecule has 230 valence electrons. The molecule has 1 unspecified atom stereocenters. The zero-order valence-electron chi connectivity index (χ0n) is 25.7. The van der Waals surface area contributed by atoms with Crippen molar-refractivity contribution in [2.45, 2.75) is 39.8 Å². The average molecular weight is 606 g/mol. The molecule has 4 aromatic heterocycles. The van der Waals surface area contributed by atoms with Gasteiger partial charge in [-0.2, -0.15) is 9.47 Å². The Kier molecular flexibility index (Phi) is 9.03. The molecule has 6 heterocycles. The molecule has 1 N–H and O–H groups in total. The van der Waals surface area contributed by atoms with Gasteiger partial charge in [-0.1, -0.05) is 6.92 Å². The quantitative estimate of drug-likeness (QED) is 0.292. The van der Waals surface area contributed by atoms with Gasteiger partial charge in [-0.15, -0.1) is 0 Å². The molecule has 0 saturated carbocycles. The maximum absolute atomic E-state index is 13.0. The molecule has 1 amide bonds. The summed E-state index contributed by atoms with van der Waals surface area (Å²) in [5.74, 6) is 1.54. The Morgan fingerprint density at radius 3 is 2.74 bits per heavy atom. The first-order valence-corrected chi connectivity index (χ1v) is 16.1. The predicted octanol–water partition coefficient (Wildman–Crippen LogP) is 3.04. The number of imidazole rings is 1. The predicted molar refractivity (Wildman–Crippen MR) is 170 cm³/mol. The number of carbonyl (C=O) groups excluding carboxylic acids is 1. The van der Waals surface area contributed by atoms with Gasteiger partial charge in [0.2, 0.25) is 5.91 Å². The van der Waals surface area contributed by atoms with Gasteiger partial charge in [-0.25, -0.2) is 9.97 Å². The van der Waals surface area contributed by atoms with Gasteiger partial charge >= 0.3 is 0 Å². The van der Waals surface area contributed by atoms with E-state index in [0.29, 0.717) is 5.82 Å². The fourth-order valence-electron chi connectivity index (χ4n) is 6.01. The second-order valence-electron chi connectivity index (χ2n) is 12.3. The molecule has 0 aliphatic carbocycles. The van der Waals surface area contributed by atoms with Crippen LogP contribution in [0.5, 0.6) is 0 Å². The summed E-state index contributed by atoms with van der Waals surface area (Å²) in [6, 6.07) is 2.12. The summed E-state index contributed by atoms with van der Waals surface area (Å²) < 4.78 is 8.47. The lowest BCUT2D eigenvalue weighted by Crippen LogP contribution is -2.50. The number of aromatic nitrogens is 6. The largest absolute Gasteiger partial charge is 0.339 e. The number of hydrogen-bond acceptors (Lipinski definition) is 10. The van der Waals surface area contributed by atoms with Gasteiger partial charge in [-0.3, -0.25) is 23.7 Å². The fourth-order valence-corrected chi connectivity index (χ4v) is 6.67. The minimum Gasteiger partial charge on any atom is -0.339 e. The van der Waals surface area contributed by atoms with E-state index in [0.717, 1.165) is 98.1 Å². The first-order chi connectivity index (χ1) is 20.8. The summed E-state index contributed by atoms with van der Waals surface area (Å²) in [6.45, 7) is 13.1. The molecule has 0 radical (unpaired) electrons. The van der Waals surface area contributed by atoms with Crippen molar-refractivity contribution in [1.29, 1.82) is 0 Å². The fraction of sp³-hybridized carbons (Fsp3) is 0.567. The Morgan fingerprint density at radius 2 is 1.95 bits per heavy atom. The number of rotatable bonds is 10. The van der Waals surface area contributed by atoms with Gasteiger partial charge in [0, 0.05) is 70.3 Å². The summed E-state index contributed by atoms with van der Waals surface area (Å²) in [5, 5.41) is 8.94. The smallest absolute Gasteiger partial charge is 0.244 e. The van der Waals surface area contributed by atoms with Crippen molar-refractivity contribution in [1.82, 2.24) is 48.1 Å². The molecule has 2 saturated heterocycles. The number of likely N-dealkylation sites (N-methyl/N-ethyl adjacent to an activating group) is 1. The van der Waals surface area contributed by atoms with Crippen LogP contribution < -0.4 is 5.32 Å². The van der Waals surface area contributed by atoms with Crippen LogP contribution in [0.3, 0.4) is 0 Å². The normalized spacial score (nSPS) is 18.6. The summed E-state index contributed by atoms with van der Waals surface area (Å²) in [7, 11) is 4.18. The molecule has 0 spiro atoms. The minimum atomic E-state index is 0.102. The molecule has 0 bridgehead atoms. The zero-order valence-corrected chi connectivity index (χ0v) is 26.6. The number of piperazine rings is 1. The van der Waals surface area contributed by atoms with Crippen LogP contribution in [0.15, 0.2) is 30.9 Å². The van der Waals surface area contributed by atoms with E-state index >= 15 is 0 Å². The molecule has 1 atom stereocenters. The van der Waals surface area contributed by atoms with Gasteiger partial charge < -0.3 is 15.1 Å². The molecule has 43 heavy (non-hydrogen) atoms. The number of piperidine rings is 1. The molecule has 12 nitrogen and oxygen atoms in total. The van der Waals surface area contributed by atoms with Crippen molar-refractivity contribution < 1.29 is 4.79 Å². The van der Waals surface area contributed by atoms with Gasteiger partial charge in [0.15, 0.2) is 11.5 Å². The Bertz CT molecular complexity index is 1530. The summed E-state index contributed by atoms with van der Waals surface area (Å²) in [6.07, 6.45) is 10.1. The molecule has 4 aromatic rings. The third kappa shape index (κ3) is 7.23. The number of nitrogens with zero attached hydrogens (tertiary/aromatic N) is 10. The first kappa shape index (κ1) is 29.7. The van der Waals surface area contributed by atoms with E-state index in [9.17, 15) is 4.79 Å². The Hall–Kier alpha value is -3.39. The lowest BCUT2D eigenvalue weighted by molar-refractivity contribution is -0.133. The third-order valence-electron chi connectivity index (χ3n) is 8.35. The van der Waals surface area contributed by atoms with Crippen LogP contribution in [0.2, 0.25) is 0 Å². The van der Waals surface area contributed by atoms with Gasteiger partial charge in [0.1, 0.15) is 11.5 Å².